The molecule has 0 amide bonds. The van der Waals surface area contributed by atoms with Crippen molar-refractivity contribution in [1.29, 1.82) is 5.41 Å². The van der Waals surface area contributed by atoms with E-state index in [-0.39, 0.29) is 18.5 Å². The Labute approximate surface area is 141 Å². The van der Waals surface area contributed by atoms with Crippen LogP contribution in [0.2, 0.25) is 0 Å². The Morgan fingerprint density at radius 3 is 2.67 bits per heavy atom. The molecule has 1 aliphatic rings. The number of phenolic OH excluding ortho intramolecular Hbond substituents is 1. The number of rotatable bonds is 5. The van der Waals surface area contributed by atoms with Gasteiger partial charge in [-0.05, 0) is 35.2 Å². The molecular weight excluding hydrogens is 306 g/mol. The molecule has 2 aromatic rings. The second kappa shape index (κ2) is 6.43. The second-order valence-electron chi connectivity index (χ2n) is 6.11. The molecule has 2 aromatic carbocycles. The van der Waals surface area contributed by atoms with Gasteiger partial charge >= 0.3 is 0 Å². The predicted molar refractivity (Wildman–Crippen MR) is 91.8 cm³/mol. The van der Waals surface area contributed by atoms with Gasteiger partial charge in [-0.25, -0.2) is 0 Å². The van der Waals surface area contributed by atoms with Crippen molar-refractivity contribution in [1.82, 2.24) is 0 Å². The average molecular weight is 327 g/mol. The number of benzene rings is 2. The van der Waals surface area contributed by atoms with Crippen molar-refractivity contribution in [2.45, 2.75) is 26.2 Å². The van der Waals surface area contributed by atoms with Crippen LogP contribution in [-0.2, 0) is 6.42 Å². The maximum atomic E-state index is 10.3. The van der Waals surface area contributed by atoms with Gasteiger partial charge in [0.15, 0.2) is 11.5 Å². The van der Waals surface area contributed by atoms with Crippen LogP contribution in [0.5, 0.6) is 23.0 Å². The monoisotopic (exact) mass is 327 g/mol. The fourth-order valence-electron chi connectivity index (χ4n) is 2.81. The fraction of sp³-hybridized carbons (Fsp3) is 0.316. The number of hydrogen-bond donors (Lipinski definition) is 2. The number of ether oxygens (including phenoxy) is 3. The third-order valence-corrected chi connectivity index (χ3v) is 4.11. The fourth-order valence-corrected chi connectivity index (χ4v) is 2.81. The van der Waals surface area contributed by atoms with E-state index in [0.29, 0.717) is 29.2 Å². The van der Waals surface area contributed by atoms with E-state index in [1.165, 1.54) is 0 Å². The van der Waals surface area contributed by atoms with Gasteiger partial charge in [0, 0.05) is 23.8 Å². The zero-order valence-electron chi connectivity index (χ0n) is 14.1. The van der Waals surface area contributed by atoms with E-state index in [1.807, 2.05) is 24.3 Å². The topological polar surface area (TPSA) is 71.8 Å². The molecule has 126 valence electrons. The molecular formula is C19H21NO4. The minimum atomic E-state index is 0.0574. The van der Waals surface area contributed by atoms with Gasteiger partial charge in [-0.1, -0.05) is 19.9 Å². The van der Waals surface area contributed by atoms with E-state index in [9.17, 15) is 5.11 Å². The molecule has 0 aliphatic carbocycles. The number of methoxy groups -OCH3 is 1. The van der Waals surface area contributed by atoms with E-state index in [0.717, 1.165) is 16.9 Å². The van der Waals surface area contributed by atoms with Gasteiger partial charge < -0.3 is 24.7 Å². The van der Waals surface area contributed by atoms with E-state index < -0.39 is 0 Å². The Morgan fingerprint density at radius 2 is 1.96 bits per heavy atom. The van der Waals surface area contributed by atoms with Gasteiger partial charge in [-0.15, -0.1) is 0 Å². The molecule has 24 heavy (non-hydrogen) atoms. The van der Waals surface area contributed by atoms with Crippen LogP contribution in [0.3, 0.4) is 0 Å². The van der Waals surface area contributed by atoms with Gasteiger partial charge in [0.1, 0.15) is 11.5 Å². The molecule has 2 N–H and O–H groups in total. The lowest BCUT2D eigenvalue weighted by molar-refractivity contribution is 0.174. The molecule has 0 unspecified atom stereocenters. The minimum absolute atomic E-state index is 0.0574. The standard InChI is InChI=1S/C19H21NO4/c1-11(2)13-8-14(16(21)9-18(13)22-3)15(20)6-12-4-5-17-19(7-12)24-10-23-17/h4-5,7-9,11,20-21H,6,10H2,1-3H3. The Balaban J connectivity index is 1.88. The van der Waals surface area contributed by atoms with Crippen molar-refractivity contribution in [2.24, 2.45) is 0 Å². The molecule has 3 rings (SSSR count). The summed E-state index contributed by atoms with van der Waals surface area (Å²) in [5.41, 5.74) is 2.78. The third kappa shape index (κ3) is 3.02. The molecule has 0 aromatic heterocycles. The van der Waals surface area contributed by atoms with E-state index in [4.69, 9.17) is 19.6 Å². The van der Waals surface area contributed by atoms with E-state index >= 15 is 0 Å². The molecule has 0 bridgehead atoms. The number of phenols is 1. The van der Waals surface area contributed by atoms with Crippen molar-refractivity contribution < 1.29 is 19.3 Å². The van der Waals surface area contributed by atoms with Crippen LogP contribution in [-0.4, -0.2) is 24.7 Å². The lowest BCUT2D eigenvalue weighted by atomic mass is 9.94. The Bertz CT molecular complexity index is 783. The van der Waals surface area contributed by atoms with Crippen LogP contribution >= 0.6 is 0 Å². The van der Waals surface area contributed by atoms with Crippen molar-refractivity contribution in [2.75, 3.05) is 13.9 Å². The zero-order valence-corrected chi connectivity index (χ0v) is 14.1. The predicted octanol–water partition coefficient (Wildman–Crippen LogP) is 3.86. The average Bonchev–Trinajstić information content (AvgIpc) is 3.01. The first-order valence-corrected chi connectivity index (χ1v) is 7.86. The SMILES string of the molecule is COc1cc(O)c(C(=N)Cc2ccc3c(c2)OCO3)cc1C(C)C. The molecule has 1 aliphatic heterocycles. The normalized spacial score (nSPS) is 12.5. The molecule has 5 nitrogen and oxygen atoms in total. The molecule has 5 heteroatoms. The quantitative estimate of drug-likeness (QED) is 0.818. The maximum absolute atomic E-state index is 10.3. The van der Waals surface area contributed by atoms with Crippen LogP contribution in [0.1, 0.15) is 36.5 Å². The molecule has 0 spiro atoms. The van der Waals surface area contributed by atoms with E-state index in [2.05, 4.69) is 13.8 Å². The third-order valence-electron chi connectivity index (χ3n) is 4.11. The number of aromatic hydroxyl groups is 1. The van der Waals surface area contributed by atoms with Crippen molar-refractivity contribution in [3.8, 4) is 23.0 Å². The first-order chi connectivity index (χ1) is 11.5. The highest BCUT2D eigenvalue weighted by molar-refractivity contribution is 6.02. The summed E-state index contributed by atoms with van der Waals surface area (Å²) in [6, 6.07) is 9.05. The van der Waals surface area contributed by atoms with Crippen molar-refractivity contribution in [3.63, 3.8) is 0 Å². The molecule has 0 radical (unpaired) electrons. The summed E-state index contributed by atoms with van der Waals surface area (Å²) in [6.07, 6.45) is 0.397. The van der Waals surface area contributed by atoms with Gasteiger partial charge in [0.05, 0.1) is 7.11 Å². The van der Waals surface area contributed by atoms with Crippen LogP contribution < -0.4 is 14.2 Å². The van der Waals surface area contributed by atoms with Gasteiger partial charge in [-0.2, -0.15) is 0 Å². The van der Waals surface area contributed by atoms with Crippen LogP contribution in [0.25, 0.3) is 0 Å². The summed E-state index contributed by atoms with van der Waals surface area (Å²) in [6.45, 7) is 4.34. The van der Waals surface area contributed by atoms with E-state index in [1.54, 1.807) is 13.2 Å². The van der Waals surface area contributed by atoms with Gasteiger partial charge in [-0.3, -0.25) is 0 Å². The number of fused-ring (bicyclic) bond motifs is 1. The van der Waals surface area contributed by atoms with Crippen LogP contribution in [0.15, 0.2) is 30.3 Å². The summed E-state index contributed by atoms with van der Waals surface area (Å²) in [7, 11) is 1.58. The molecule has 0 saturated carbocycles. The summed E-state index contributed by atoms with van der Waals surface area (Å²) < 4.78 is 16.0. The summed E-state index contributed by atoms with van der Waals surface area (Å²) >= 11 is 0. The molecule has 0 fully saturated rings. The summed E-state index contributed by atoms with van der Waals surface area (Å²) in [5, 5.41) is 18.7. The Hall–Kier alpha value is -2.69. The summed E-state index contributed by atoms with van der Waals surface area (Å²) in [5.74, 6) is 2.35. The lowest BCUT2D eigenvalue weighted by Crippen LogP contribution is -2.06. The highest BCUT2D eigenvalue weighted by atomic mass is 16.7. The smallest absolute Gasteiger partial charge is 0.231 e. The Morgan fingerprint density at radius 1 is 1.21 bits per heavy atom. The maximum Gasteiger partial charge on any atom is 0.231 e. The molecule has 0 atom stereocenters. The minimum Gasteiger partial charge on any atom is -0.507 e. The van der Waals surface area contributed by atoms with Gasteiger partial charge in [0.25, 0.3) is 0 Å². The van der Waals surface area contributed by atoms with Crippen LogP contribution in [0, 0.1) is 5.41 Å². The number of nitrogens with one attached hydrogen (secondary N) is 1. The highest BCUT2D eigenvalue weighted by Gasteiger charge is 2.18. The van der Waals surface area contributed by atoms with Crippen LogP contribution in [0.4, 0.5) is 0 Å². The highest BCUT2D eigenvalue weighted by Crippen LogP contribution is 2.35. The lowest BCUT2D eigenvalue weighted by Gasteiger charge is -2.16. The Kier molecular flexibility index (Phi) is 4.34. The van der Waals surface area contributed by atoms with Crippen molar-refractivity contribution >= 4 is 5.71 Å². The summed E-state index contributed by atoms with van der Waals surface area (Å²) in [4.78, 5) is 0. The number of hydrogen-bond acceptors (Lipinski definition) is 5. The second-order valence-corrected chi connectivity index (χ2v) is 6.11. The largest absolute Gasteiger partial charge is 0.507 e. The zero-order chi connectivity index (χ0) is 17.3. The van der Waals surface area contributed by atoms with Gasteiger partial charge in [0.2, 0.25) is 6.79 Å². The molecule has 0 saturated heterocycles. The molecule has 1 heterocycles. The first kappa shape index (κ1) is 16.2. The first-order valence-electron chi connectivity index (χ1n) is 7.86. The van der Waals surface area contributed by atoms with Crippen molar-refractivity contribution in [3.05, 3.63) is 47.0 Å².